The maximum atomic E-state index is 12.4. The van der Waals surface area contributed by atoms with E-state index in [0.29, 0.717) is 17.9 Å². The molecule has 2 aromatic rings. The molecule has 0 aliphatic rings. The van der Waals surface area contributed by atoms with E-state index in [1.165, 1.54) is 0 Å². The molecule has 4 nitrogen and oxygen atoms in total. The minimum Gasteiger partial charge on any atom is -0.370 e. The van der Waals surface area contributed by atoms with Crippen LogP contribution in [0.25, 0.3) is 0 Å². The van der Waals surface area contributed by atoms with Gasteiger partial charge in [-0.15, -0.1) is 0 Å². The van der Waals surface area contributed by atoms with Crippen LogP contribution in [0, 0.1) is 6.92 Å². The lowest BCUT2D eigenvalue weighted by molar-refractivity contribution is 0.102. The van der Waals surface area contributed by atoms with Crippen molar-refractivity contribution < 1.29 is 4.79 Å². The van der Waals surface area contributed by atoms with E-state index in [-0.39, 0.29) is 5.91 Å². The molecule has 0 aliphatic carbocycles. The lowest BCUT2D eigenvalue weighted by Gasteiger charge is -2.12. The molecule has 0 aliphatic heterocycles. The van der Waals surface area contributed by atoms with Crippen molar-refractivity contribution >= 4 is 33.3 Å². The largest absolute Gasteiger partial charge is 0.370 e. The van der Waals surface area contributed by atoms with Gasteiger partial charge in [0.15, 0.2) is 0 Å². The SMILES string of the molecule is CCNc1ncccc1C(=O)Nc1cccc(Br)c1C. The van der Waals surface area contributed by atoms with E-state index in [1.54, 1.807) is 18.3 Å². The standard InChI is InChI=1S/C15H16BrN3O/c1-3-17-14-11(6-5-9-18-14)15(20)19-13-8-4-7-12(16)10(13)2/h4-9H,3H2,1-2H3,(H,17,18)(H,19,20). The van der Waals surface area contributed by atoms with Crippen LogP contribution in [0.3, 0.4) is 0 Å². The van der Waals surface area contributed by atoms with Crippen molar-refractivity contribution in [1.29, 1.82) is 0 Å². The number of nitrogens with one attached hydrogen (secondary N) is 2. The zero-order valence-corrected chi connectivity index (χ0v) is 13.0. The lowest BCUT2D eigenvalue weighted by Crippen LogP contribution is -2.16. The Morgan fingerprint density at radius 1 is 1.30 bits per heavy atom. The Morgan fingerprint density at radius 3 is 2.85 bits per heavy atom. The van der Waals surface area contributed by atoms with Crippen molar-refractivity contribution in [3.8, 4) is 0 Å². The maximum absolute atomic E-state index is 12.4. The highest BCUT2D eigenvalue weighted by atomic mass is 79.9. The molecule has 1 aromatic heterocycles. The van der Waals surface area contributed by atoms with Gasteiger partial charge in [-0.25, -0.2) is 4.98 Å². The molecule has 0 spiro atoms. The highest BCUT2D eigenvalue weighted by Gasteiger charge is 2.13. The Bertz CT molecular complexity index is 628. The summed E-state index contributed by atoms with van der Waals surface area (Å²) in [7, 11) is 0. The van der Waals surface area contributed by atoms with Crippen LogP contribution in [0.2, 0.25) is 0 Å². The van der Waals surface area contributed by atoms with Gasteiger partial charge in [0, 0.05) is 22.9 Å². The van der Waals surface area contributed by atoms with Crippen LogP contribution in [0.15, 0.2) is 41.0 Å². The van der Waals surface area contributed by atoms with Crippen molar-refractivity contribution in [2.75, 3.05) is 17.2 Å². The zero-order valence-electron chi connectivity index (χ0n) is 11.4. The lowest BCUT2D eigenvalue weighted by atomic mass is 10.2. The third-order valence-corrected chi connectivity index (χ3v) is 3.77. The molecule has 0 saturated carbocycles. The number of rotatable bonds is 4. The number of hydrogen-bond acceptors (Lipinski definition) is 3. The van der Waals surface area contributed by atoms with Gasteiger partial charge in [0.2, 0.25) is 0 Å². The van der Waals surface area contributed by atoms with Gasteiger partial charge >= 0.3 is 0 Å². The van der Waals surface area contributed by atoms with Gasteiger partial charge in [0.1, 0.15) is 5.82 Å². The van der Waals surface area contributed by atoms with Gasteiger partial charge in [0.25, 0.3) is 5.91 Å². The average molecular weight is 334 g/mol. The highest BCUT2D eigenvalue weighted by molar-refractivity contribution is 9.10. The predicted molar refractivity (Wildman–Crippen MR) is 85.2 cm³/mol. The van der Waals surface area contributed by atoms with Crippen LogP contribution in [0.5, 0.6) is 0 Å². The number of nitrogens with zero attached hydrogens (tertiary/aromatic N) is 1. The van der Waals surface area contributed by atoms with Crippen LogP contribution < -0.4 is 10.6 Å². The summed E-state index contributed by atoms with van der Waals surface area (Å²) in [6.07, 6.45) is 1.67. The van der Waals surface area contributed by atoms with E-state index in [1.807, 2.05) is 32.0 Å². The summed E-state index contributed by atoms with van der Waals surface area (Å²) in [5.74, 6) is 0.426. The zero-order chi connectivity index (χ0) is 14.5. The van der Waals surface area contributed by atoms with Crippen LogP contribution >= 0.6 is 15.9 Å². The van der Waals surface area contributed by atoms with Gasteiger partial charge in [-0.1, -0.05) is 22.0 Å². The number of amides is 1. The van der Waals surface area contributed by atoms with Gasteiger partial charge in [-0.3, -0.25) is 4.79 Å². The second-order valence-electron chi connectivity index (χ2n) is 4.30. The second-order valence-corrected chi connectivity index (χ2v) is 5.15. The summed E-state index contributed by atoms with van der Waals surface area (Å²) in [6.45, 7) is 4.64. The fraction of sp³-hybridized carbons (Fsp3) is 0.200. The van der Waals surface area contributed by atoms with Crippen molar-refractivity contribution in [2.45, 2.75) is 13.8 Å². The molecule has 20 heavy (non-hydrogen) atoms. The van der Waals surface area contributed by atoms with Crippen LogP contribution in [-0.4, -0.2) is 17.4 Å². The second kappa shape index (κ2) is 6.52. The van der Waals surface area contributed by atoms with E-state index >= 15 is 0 Å². The number of benzene rings is 1. The van der Waals surface area contributed by atoms with Crippen LogP contribution in [-0.2, 0) is 0 Å². The van der Waals surface area contributed by atoms with Gasteiger partial charge in [-0.2, -0.15) is 0 Å². The Hall–Kier alpha value is -1.88. The molecule has 1 heterocycles. The van der Waals surface area contributed by atoms with Crippen molar-refractivity contribution in [3.63, 3.8) is 0 Å². The van der Waals surface area contributed by atoms with Gasteiger partial charge in [0.05, 0.1) is 5.56 Å². The monoisotopic (exact) mass is 333 g/mol. The van der Waals surface area contributed by atoms with Crippen LogP contribution in [0.4, 0.5) is 11.5 Å². The first-order valence-electron chi connectivity index (χ1n) is 6.38. The topological polar surface area (TPSA) is 54.0 Å². The summed E-state index contributed by atoms with van der Waals surface area (Å²) in [4.78, 5) is 16.6. The highest BCUT2D eigenvalue weighted by Crippen LogP contribution is 2.24. The summed E-state index contributed by atoms with van der Waals surface area (Å²) in [5, 5.41) is 6.00. The number of anilines is 2. The number of carbonyl (C=O) groups excluding carboxylic acids is 1. The molecule has 1 aromatic carbocycles. The van der Waals surface area contributed by atoms with E-state index in [0.717, 1.165) is 15.7 Å². The molecule has 0 unspecified atom stereocenters. The average Bonchev–Trinajstić information content (AvgIpc) is 2.45. The number of carbonyl (C=O) groups is 1. The molecular formula is C15H16BrN3O. The first kappa shape index (κ1) is 14.5. The normalized spacial score (nSPS) is 10.2. The fourth-order valence-corrected chi connectivity index (χ4v) is 2.20. The summed E-state index contributed by atoms with van der Waals surface area (Å²) in [6, 6.07) is 9.22. The first-order chi connectivity index (χ1) is 9.63. The van der Waals surface area contributed by atoms with E-state index in [2.05, 4.69) is 31.5 Å². The molecular weight excluding hydrogens is 318 g/mol. The van der Waals surface area contributed by atoms with Crippen molar-refractivity contribution in [2.24, 2.45) is 0 Å². The van der Waals surface area contributed by atoms with E-state index < -0.39 is 0 Å². The Morgan fingerprint density at radius 2 is 2.10 bits per heavy atom. The van der Waals surface area contributed by atoms with E-state index in [4.69, 9.17) is 0 Å². The summed E-state index contributed by atoms with van der Waals surface area (Å²) >= 11 is 3.46. The number of aromatic nitrogens is 1. The number of pyridine rings is 1. The number of halogens is 1. The van der Waals surface area contributed by atoms with Crippen molar-refractivity contribution in [3.05, 3.63) is 52.1 Å². The molecule has 2 N–H and O–H groups in total. The Labute approximate surface area is 126 Å². The minimum absolute atomic E-state index is 0.171. The maximum Gasteiger partial charge on any atom is 0.259 e. The third-order valence-electron chi connectivity index (χ3n) is 2.91. The quantitative estimate of drug-likeness (QED) is 0.893. The molecule has 104 valence electrons. The molecule has 0 radical (unpaired) electrons. The van der Waals surface area contributed by atoms with Gasteiger partial charge in [-0.05, 0) is 43.7 Å². The van der Waals surface area contributed by atoms with Gasteiger partial charge < -0.3 is 10.6 Å². The summed E-state index contributed by atoms with van der Waals surface area (Å²) in [5.41, 5.74) is 2.32. The molecule has 5 heteroatoms. The predicted octanol–water partition coefficient (Wildman–Crippen LogP) is 3.84. The molecule has 0 bridgehead atoms. The van der Waals surface area contributed by atoms with Crippen molar-refractivity contribution in [1.82, 2.24) is 4.98 Å². The Kier molecular flexibility index (Phi) is 4.74. The molecule has 0 saturated heterocycles. The molecule has 1 amide bonds. The minimum atomic E-state index is -0.171. The van der Waals surface area contributed by atoms with E-state index in [9.17, 15) is 4.79 Å². The molecule has 0 fully saturated rings. The smallest absolute Gasteiger partial charge is 0.259 e. The first-order valence-corrected chi connectivity index (χ1v) is 7.18. The molecule has 2 rings (SSSR count). The Balaban J connectivity index is 2.26. The third kappa shape index (κ3) is 3.17. The summed E-state index contributed by atoms with van der Waals surface area (Å²) < 4.78 is 0.966. The van der Waals surface area contributed by atoms with Crippen LogP contribution in [0.1, 0.15) is 22.8 Å². The fourth-order valence-electron chi connectivity index (χ4n) is 1.83. The number of hydrogen-bond donors (Lipinski definition) is 2. The molecule has 0 atom stereocenters.